The van der Waals surface area contributed by atoms with Crippen LogP contribution in [0.3, 0.4) is 0 Å². The molecule has 0 aliphatic carbocycles. The van der Waals surface area contributed by atoms with Crippen molar-refractivity contribution in [3.05, 3.63) is 64.5 Å². The Kier molecular flexibility index (Phi) is 164. The van der Waals surface area contributed by atoms with Crippen LogP contribution in [0.1, 0.15) is 281 Å². The molecule has 3 aliphatic rings. The molecular weight excluding hydrogens is 1000 g/mol. The van der Waals surface area contributed by atoms with Gasteiger partial charge in [-0.3, -0.25) is 9.59 Å². The first-order chi connectivity index (χ1) is 22.4. The molecule has 0 radical (unpaired) electrons. The topological polar surface area (TPSA) is 150 Å². The van der Waals surface area contributed by atoms with E-state index in [4.69, 9.17) is 30.5 Å². The Morgan fingerprint density at radius 2 is 1.26 bits per heavy atom. The number of allylic oxidation sites excluding steroid dienone is 3. The molecule has 0 spiro atoms. The normalized spacial score (nSPS) is 20.5. The number of halogens is 1. The number of ether oxygens (including phenoxy) is 4. The number of carbonyl (C=O) groups is 3. The van der Waals surface area contributed by atoms with Crippen molar-refractivity contribution in [2.45, 2.75) is 325 Å². The van der Waals surface area contributed by atoms with Gasteiger partial charge in [-0.1, -0.05) is 271 Å². The number of esters is 1. The Hall–Kier alpha value is -3.42. The van der Waals surface area contributed by atoms with Crippen LogP contribution in [0.5, 0.6) is 0 Å². The van der Waals surface area contributed by atoms with Gasteiger partial charge < -0.3 is 44.3 Å². The third kappa shape index (κ3) is 39.1. The minimum atomic E-state index is -1.58. The zero-order chi connectivity index (χ0) is 35.7. The summed E-state index contributed by atoms with van der Waals surface area (Å²) in [7, 11) is 4.57. The zero-order valence-electron chi connectivity index (χ0n) is 28.9. The summed E-state index contributed by atoms with van der Waals surface area (Å²) in [6.07, 6.45) is 2.77. The van der Waals surface area contributed by atoms with E-state index in [2.05, 4.69) is 11.9 Å². The minimum Gasteiger partial charge on any atom is -0.476 e. The Morgan fingerprint density at radius 1 is 0.833 bits per heavy atom. The van der Waals surface area contributed by atoms with Crippen LogP contribution in [0, 0.1) is 5.92 Å². The van der Waals surface area contributed by atoms with E-state index in [0.29, 0.717) is 17.7 Å². The number of likely N-dealkylation sites (N-methyl/N-ethyl adjacent to an activating group) is 1. The number of carbonyl (C=O) groups excluding carboxylic acids is 3. The van der Waals surface area contributed by atoms with E-state index >= 15 is 0 Å². The second-order valence-corrected chi connectivity index (χ2v) is 13.7. The number of amides is 2. The van der Waals surface area contributed by atoms with Gasteiger partial charge in [-0.25, -0.2) is 4.79 Å². The maximum absolute atomic E-state index is 14.0. The molecular formula is C65H168ClN3O9. The summed E-state index contributed by atoms with van der Waals surface area (Å²) in [6, 6.07) is 2.65. The highest BCUT2D eigenvalue weighted by Gasteiger charge is 2.64. The van der Waals surface area contributed by atoms with Crippen molar-refractivity contribution >= 4 is 35.1 Å². The molecule has 4 bridgehead atoms. The fourth-order valence-electron chi connectivity index (χ4n) is 6.45. The number of epoxide rings is 1. The van der Waals surface area contributed by atoms with Crippen molar-refractivity contribution in [1.29, 1.82) is 0 Å². The first-order valence-corrected chi connectivity index (χ1v) is 16.4. The number of aliphatic hydroxyl groups excluding tert-OH is 1. The van der Waals surface area contributed by atoms with Crippen molar-refractivity contribution in [3.63, 3.8) is 0 Å². The number of methoxy groups -OCH3 is 1. The van der Waals surface area contributed by atoms with E-state index in [1.54, 1.807) is 45.2 Å². The van der Waals surface area contributed by atoms with E-state index in [-0.39, 0.29) is 265 Å². The van der Waals surface area contributed by atoms with Gasteiger partial charge in [-0.2, -0.15) is 0 Å². The molecule has 0 aromatic heterocycles. The van der Waals surface area contributed by atoms with Crippen molar-refractivity contribution < 1.29 is 43.5 Å². The van der Waals surface area contributed by atoms with Crippen LogP contribution in [0.25, 0.3) is 0 Å². The summed E-state index contributed by atoms with van der Waals surface area (Å²) in [4.78, 5) is 42.0. The molecule has 3 aliphatic heterocycles. The molecule has 13 heteroatoms. The summed E-state index contributed by atoms with van der Waals surface area (Å²) in [5.41, 5.74) is -0.0997. The van der Waals surface area contributed by atoms with Gasteiger partial charge in [-0.15, -0.1) is 0 Å². The predicted molar refractivity (Wildman–Crippen MR) is 382 cm³/mol. The Morgan fingerprint density at radius 3 is 1.64 bits per heavy atom. The quantitative estimate of drug-likeness (QED) is 0.192. The molecule has 1 aromatic carbocycles. The van der Waals surface area contributed by atoms with Gasteiger partial charge in [0, 0.05) is 40.5 Å². The lowest BCUT2D eigenvalue weighted by Crippen LogP contribution is -2.60. The molecule has 2 amide bonds. The van der Waals surface area contributed by atoms with Gasteiger partial charge in [0.05, 0.1) is 29.8 Å². The molecule has 3 heterocycles. The number of benzene rings is 1. The van der Waals surface area contributed by atoms with Crippen LogP contribution >= 0.6 is 11.6 Å². The number of rotatable bonds is 5. The number of fused-ring (bicyclic) bond motifs is 5. The maximum Gasteiger partial charge on any atom is 0.328 e. The molecule has 78 heavy (non-hydrogen) atoms. The monoisotopic (exact) mass is 1170 g/mol. The molecule has 2 saturated heterocycles. The number of aliphatic hydroxyl groups is 2. The molecule has 1 aromatic rings. The van der Waals surface area contributed by atoms with Crippen LogP contribution in [0.4, 0.5) is 5.69 Å². The standard InChI is InChI=1S/C35H48ClN3O9.30CH4/c1-19-11-10-12-28(45-9)35(44)17-27(46-22(4)37-35)20(2)32-34(6,48-32)29(47-33(43)21(3)38(7)23(5)41)16-30(42)39(8)26-15-24(13-19)14-25(18-40)31(26)36;;;;;;;;;;;;;;;;;;;;;;;;;;;;;;/h10-12,14-15,20-21,27-29,32,37,40,44H,4,13,16-18H2,1-3,5-9H3;30*1H4/b12-10+,19-11+;;;;;;;;;;;;;;;;;;;;;;;;;;;;;;/t20-,21+,27+,28-,29+,32?,34+,35+;;;;;;;;;;;;;;;;;;;;;;;;;;;;;;/m1............................../s1. The Balaban J connectivity index is -0.0000000347. The van der Waals surface area contributed by atoms with Gasteiger partial charge in [0.2, 0.25) is 11.8 Å². The van der Waals surface area contributed by atoms with Crippen molar-refractivity contribution in [2.75, 3.05) is 26.1 Å². The van der Waals surface area contributed by atoms with E-state index < -0.39 is 53.7 Å². The van der Waals surface area contributed by atoms with Crippen molar-refractivity contribution in [3.8, 4) is 0 Å². The average Bonchev–Trinajstić information content (AvgIpc) is 3.73. The van der Waals surface area contributed by atoms with Crippen LogP contribution < -0.4 is 10.2 Å². The minimum absolute atomic E-state index is 0. The van der Waals surface area contributed by atoms with E-state index in [1.807, 2.05) is 19.9 Å². The molecule has 12 nitrogen and oxygen atoms in total. The second kappa shape index (κ2) is 71.6. The summed E-state index contributed by atoms with van der Waals surface area (Å²) < 4.78 is 24.0. The van der Waals surface area contributed by atoms with E-state index in [9.17, 15) is 24.6 Å². The third-order valence-corrected chi connectivity index (χ3v) is 10.2. The average molecular weight is 1170 g/mol. The van der Waals surface area contributed by atoms with Gasteiger partial charge >= 0.3 is 5.97 Å². The molecule has 504 valence electrons. The summed E-state index contributed by atoms with van der Waals surface area (Å²) >= 11 is 6.70. The van der Waals surface area contributed by atoms with Crippen molar-refractivity contribution in [2.24, 2.45) is 5.92 Å². The number of anilines is 1. The summed E-state index contributed by atoms with van der Waals surface area (Å²) in [5.74, 6) is -1.64. The van der Waals surface area contributed by atoms with E-state index in [1.165, 1.54) is 30.9 Å². The molecule has 3 N–H and O–H groups in total. The molecule has 1 unspecified atom stereocenters. The van der Waals surface area contributed by atoms with Crippen LogP contribution in [-0.2, 0) is 46.4 Å². The first kappa shape index (κ1) is 178. The van der Waals surface area contributed by atoms with Gasteiger partial charge in [-0.05, 0) is 51.0 Å². The SMILES string of the molecule is C.C.C.C.C.C.C.C.C.C.C.C.C.C.C.C.C.C.C.C.C.C.C.C.C.C.C.C.C.C.C=C1N[C@]2(O)C[C@H](O1)[C@@H](C)C1O[C@@]1(C)[C@@H](OC(=O)[C@H](C)N(C)C(C)=O)CC(=O)N(C)c1cc(cc(CO)c1Cl)C/C(C)=C/C=C/[C@H]2OC. The lowest BCUT2D eigenvalue weighted by molar-refractivity contribution is -0.161. The molecule has 0 saturated carbocycles. The molecule has 4 rings (SSSR count). The summed E-state index contributed by atoms with van der Waals surface area (Å²) in [5, 5.41) is 25.1. The van der Waals surface area contributed by atoms with Crippen LogP contribution in [0.15, 0.2) is 48.4 Å². The Labute approximate surface area is 508 Å². The Bertz CT molecular complexity index is 1510. The highest BCUT2D eigenvalue weighted by molar-refractivity contribution is 6.34. The highest BCUT2D eigenvalue weighted by atomic mass is 35.5. The predicted octanol–water partition coefficient (Wildman–Crippen LogP) is 22.5. The number of nitrogens with one attached hydrogen (secondary N) is 1. The third-order valence-electron chi connectivity index (χ3n) is 9.76. The lowest BCUT2D eigenvalue weighted by Gasteiger charge is -2.44. The van der Waals surface area contributed by atoms with Gasteiger partial charge in [0.15, 0.2) is 11.6 Å². The van der Waals surface area contributed by atoms with Crippen LogP contribution in [0.2, 0.25) is 5.02 Å². The number of nitrogens with zero attached hydrogens (tertiary/aromatic N) is 2. The van der Waals surface area contributed by atoms with Gasteiger partial charge in [0.1, 0.15) is 30.0 Å². The zero-order valence-corrected chi connectivity index (χ0v) is 29.7. The molecule has 8 atom stereocenters. The van der Waals surface area contributed by atoms with E-state index in [0.717, 1.165) is 11.1 Å². The fraction of sp³-hybridized carbons (Fsp3) is 0.769. The number of hydrogen-bond acceptors (Lipinski definition) is 10. The fourth-order valence-corrected chi connectivity index (χ4v) is 6.74. The lowest BCUT2D eigenvalue weighted by atomic mass is 9.83. The highest BCUT2D eigenvalue weighted by Crippen LogP contribution is 2.49. The second-order valence-electron chi connectivity index (χ2n) is 13.3. The van der Waals surface area contributed by atoms with Gasteiger partial charge in [0.25, 0.3) is 0 Å². The number of hydrogen-bond donors (Lipinski definition) is 3. The maximum atomic E-state index is 14.0. The largest absolute Gasteiger partial charge is 0.476 e. The smallest absolute Gasteiger partial charge is 0.328 e. The first-order valence-electron chi connectivity index (χ1n) is 16.0. The van der Waals surface area contributed by atoms with Crippen LogP contribution in [-0.4, -0.2) is 95.9 Å². The molecule has 2 fully saturated rings. The van der Waals surface area contributed by atoms with Crippen molar-refractivity contribution in [1.82, 2.24) is 10.2 Å². The summed E-state index contributed by atoms with van der Waals surface area (Å²) in [6.45, 7) is 12.1.